The summed E-state index contributed by atoms with van der Waals surface area (Å²) in [6, 6.07) is 8.28. The Hall–Kier alpha value is -0.870. The average Bonchev–Trinajstić information content (AvgIpc) is 2.69. The fourth-order valence-corrected chi connectivity index (χ4v) is 2.55. The molecule has 4 heteroatoms. The lowest BCUT2D eigenvalue weighted by Crippen LogP contribution is -1.85. The number of halogens is 1. The molecule has 0 atom stereocenters. The van der Waals surface area contributed by atoms with E-state index in [4.69, 9.17) is 0 Å². The summed E-state index contributed by atoms with van der Waals surface area (Å²) in [6.07, 6.45) is 2.86. The summed E-state index contributed by atoms with van der Waals surface area (Å²) >= 11 is 5.24. The summed E-state index contributed by atoms with van der Waals surface area (Å²) in [7, 11) is 1.89. The van der Waals surface area contributed by atoms with Crippen LogP contribution in [-0.4, -0.2) is 12.0 Å². The lowest BCUT2D eigenvalue weighted by molar-refractivity contribution is 1.20. The normalized spacial score (nSPS) is 10.3. The minimum atomic E-state index is 0.931. The summed E-state index contributed by atoms with van der Waals surface area (Å²) in [4.78, 5) is 5.52. The average molecular weight is 283 g/mol. The molecule has 0 radical (unpaired) electrons. The van der Waals surface area contributed by atoms with Gasteiger partial charge in [-0.1, -0.05) is 34.1 Å². The van der Waals surface area contributed by atoms with E-state index < -0.39 is 0 Å². The first-order valence-electron chi connectivity index (χ1n) is 4.65. The quantitative estimate of drug-likeness (QED) is 0.932. The minimum absolute atomic E-state index is 0.931. The predicted octanol–water partition coefficient (Wildman–Crippen LogP) is 3.54. The Bertz CT molecular complexity index is 453. The van der Waals surface area contributed by atoms with Gasteiger partial charge in [0, 0.05) is 29.0 Å². The molecule has 2 nitrogen and oxygen atoms in total. The maximum Gasteiger partial charge on any atom is 0.182 e. The molecule has 78 valence electrons. The van der Waals surface area contributed by atoms with Crippen LogP contribution in [0, 0.1) is 0 Å². The maximum absolute atomic E-state index is 4.25. The number of hydrogen-bond acceptors (Lipinski definition) is 3. The first-order chi connectivity index (χ1) is 7.29. The molecule has 0 bridgehead atoms. The van der Waals surface area contributed by atoms with E-state index in [0.717, 1.165) is 16.0 Å². The van der Waals surface area contributed by atoms with E-state index in [-0.39, 0.29) is 0 Å². The Morgan fingerprint density at radius 1 is 1.40 bits per heavy atom. The monoisotopic (exact) mass is 282 g/mol. The fourth-order valence-electron chi connectivity index (χ4n) is 1.33. The van der Waals surface area contributed by atoms with E-state index in [1.807, 2.05) is 19.3 Å². The molecule has 1 aromatic heterocycles. The molecule has 0 saturated heterocycles. The highest BCUT2D eigenvalue weighted by molar-refractivity contribution is 9.10. The zero-order valence-corrected chi connectivity index (χ0v) is 10.7. The molecule has 0 amide bonds. The van der Waals surface area contributed by atoms with Gasteiger partial charge in [-0.25, -0.2) is 4.98 Å². The molecule has 0 unspecified atom stereocenters. The van der Waals surface area contributed by atoms with E-state index in [9.17, 15) is 0 Å². The van der Waals surface area contributed by atoms with Gasteiger partial charge in [0.05, 0.1) is 0 Å². The number of anilines is 1. The molecule has 1 aromatic carbocycles. The molecule has 0 aliphatic rings. The van der Waals surface area contributed by atoms with Crippen molar-refractivity contribution in [3.63, 3.8) is 0 Å². The van der Waals surface area contributed by atoms with Gasteiger partial charge in [0.2, 0.25) is 0 Å². The van der Waals surface area contributed by atoms with E-state index in [1.165, 1.54) is 10.4 Å². The second-order valence-electron chi connectivity index (χ2n) is 3.15. The van der Waals surface area contributed by atoms with E-state index >= 15 is 0 Å². The molecular formula is C11H11BrN2S. The first kappa shape index (κ1) is 10.6. The second-order valence-corrected chi connectivity index (χ2v) is 5.12. The maximum atomic E-state index is 4.25. The zero-order valence-electron chi connectivity index (χ0n) is 8.33. The van der Waals surface area contributed by atoms with Crippen LogP contribution in [-0.2, 0) is 6.42 Å². The zero-order chi connectivity index (χ0) is 10.7. The smallest absolute Gasteiger partial charge is 0.182 e. The van der Waals surface area contributed by atoms with Crippen LogP contribution >= 0.6 is 27.3 Å². The van der Waals surface area contributed by atoms with Crippen molar-refractivity contribution in [3.8, 4) is 0 Å². The van der Waals surface area contributed by atoms with Crippen LogP contribution < -0.4 is 5.32 Å². The summed E-state index contributed by atoms with van der Waals surface area (Å²) in [5.74, 6) is 0. The Balaban J connectivity index is 2.18. The summed E-state index contributed by atoms with van der Waals surface area (Å²) in [6.45, 7) is 0. The Kier molecular flexibility index (Phi) is 3.38. The van der Waals surface area contributed by atoms with Crippen LogP contribution in [0.5, 0.6) is 0 Å². The molecule has 0 spiro atoms. The topological polar surface area (TPSA) is 24.9 Å². The first-order valence-corrected chi connectivity index (χ1v) is 6.26. The van der Waals surface area contributed by atoms with Gasteiger partial charge in [0.1, 0.15) is 0 Å². The number of nitrogens with zero attached hydrogens (tertiary/aromatic N) is 1. The molecule has 0 fully saturated rings. The van der Waals surface area contributed by atoms with Crippen LogP contribution in [0.15, 0.2) is 34.9 Å². The highest BCUT2D eigenvalue weighted by Gasteiger charge is 2.03. The molecule has 2 aromatic rings. The summed E-state index contributed by atoms with van der Waals surface area (Å²) in [5, 5.41) is 4.01. The van der Waals surface area contributed by atoms with Gasteiger partial charge in [0.25, 0.3) is 0 Å². The molecule has 1 N–H and O–H groups in total. The van der Waals surface area contributed by atoms with Crippen LogP contribution in [0.1, 0.15) is 10.4 Å². The molecule has 1 heterocycles. The highest BCUT2D eigenvalue weighted by Crippen LogP contribution is 2.24. The van der Waals surface area contributed by atoms with Crippen molar-refractivity contribution in [1.82, 2.24) is 4.98 Å². The van der Waals surface area contributed by atoms with Gasteiger partial charge >= 0.3 is 0 Å². The number of thiazole rings is 1. The van der Waals surface area contributed by atoms with Gasteiger partial charge in [-0.15, -0.1) is 11.3 Å². The highest BCUT2D eigenvalue weighted by atomic mass is 79.9. The molecular weight excluding hydrogens is 272 g/mol. The number of hydrogen-bond donors (Lipinski definition) is 1. The lowest BCUT2D eigenvalue weighted by atomic mass is 10.1. The van der Waals surface area contributed by atoms with Gasteiger partial charge in [-0.2, -0.15) is 0 Å². The summed E-state index contributed by atoms with van der Waals surface area (Å²) < 4.78 is 1.16. The predicted molar refractivity (Wildman–Crippen MR) is 68.6 cm³/mol. The standard InChI is InChI=1S/C11H11BrN2S/c1-13-11-14-7-9(15-11)6-8-4-2-3-5-10(8)12/h2-5,7H,6H2,1H3,(H,13,14). The second kappa shape index (κ2) is 4.77. The molecule has 2 rings (SSSR count). The summed E-state index contributed by atoms with van der Waals surface area (Å²) in [5.41, 5.74) is 1.30. The fraction of sp³-hybridized carbons (Fsp3) is 0.182. The van der Waals surface area contributed by atoms with Crippen LogP contribution in [0.3, 0.4) is 0 Å². The van der Waals surface area contributed by atoms with Crippen LogP contribution in [0.25, 0.3) is 0 Å². The van der Waals surface area contributed by atoms with Crippen molar-refractivity contribution in [2.75, 3.05) is 12.4 Å². The van der Waals surface area contributed by atoms with Gasteiger partial charge in [-0.3, -0.25) is 0 Å². The Morgan fingerprint density at radius 2 is 2.20 bits per heavy atom. The van der Waals surface area contributed by atoms with Gasteiger partial charge < -0.3 is 5.32 Å². The van der Waals surface area contributed by atoms with Crippen molar-refractivity contribution < 1.29 is 0 Å². The Morgan fingerprint density at radius 3 is 2.87 bits per heavy atom. The number of nitrogens with one attached hydrogen (secondary N) is 1. The Labute approximate surface area is 101 Å². The van der Waals surface area contributed by atoms with E-state index in [0.29, 0.717) is 0 Å². The van der Waals surface area contributed by atoms with Crippen LogP contribution in [0.4, 0.5) is 5.13 Å². The molecule has 15 heavy (non-hydrogen) atoms. The van der Waals surface area contributed by atoms with E-state index in [2.05, 4.69) is 44.4 Å². The van der Waals surface area contributed by atoms with Gasteiger partial charge in [-0.05, 0) is 11.6 Å². The van der Waals surface area contributed by atoms with Crippen molar-refractivity contribution in [1.29, 1.82) is 0 Å². The van der Waals surface area contributed by atoms with Crippen molar-refractivity contribution in [2.45, 2.75) is 6.42 Å². The third kappa shape index (κ3) is 2.58. The lowest BCUT2D eigenvalue weighted by Gasteiger charge is -2.00. The van der Waals surface area contributed by atoms with E-state index in [1.54, 1.807) is 11.3 Å². The van der Waals surface area contributed by atoms with Gasteiger partial charge in [0.15, 0.2) is 5.13 Å². The largest absolute Gasteiger partial charge is 0.365 e. The number of rotatable bonds is 3. The molecule has 0 aliphatic heterocycles. The van der Waals surface area contributed by atoms with Crippen LogP contribution in [0.2, 0.25) is 0 Å². The third-order valence-electron chi connectivity index (χ3n) is 2.09. The van der Waals surface area contributed by atoms with Crippen molar-refractivity contribution in [2.24, 2.45) is 0 Å². The molecule has 0 aliphatic carbocycles. The van der Waals surface area contributed by atoms with Crippen molar-refractivity contribution >= 4 is 32.4 Å². The SMILES string of the molecule is CNc1ncc(Cc2ccccc2Br)s1. The number of benzene rings is 1. The minimum Gasteiger partial charge on any atom is -0.365 e. The molecule has 0 saturated carbocycles. The van der Waals surface area contributed by atoms with Crippen molar-refractivity contribution in [3.05, 3.63) is 45.4 Å². The number of aromatic nitrogens is 1. The third-order valence-corrected chi connectivity index (χ3v) is 3.88.